The zero-order valence-electron chi connectivity index (χ0n) is 9.76. The van der Waals surface area contributed by atoms with Crippen molar-refractivity contribution >= 4 is 11.8 Å². The summed E-state index contributed by atoms with van der Waals surface area (Å²) in [4.78, 5) is 9.47. The molecule has 1 aromatic carbocycles. The van der Waals surface area contributed by atoms with Gasteiger partial charge in [0.15, 0.2) is 0 Å². The van der Waals surface area contributed by atoms with E-state index in [2.05, 4.69) is 46.5 Å². The van der Waals surface area contributed by atoms with Crippen LogP contribution in [0.3, 0.4) is 0 Å². The van der Waals surface area contributed by atoms with Crippen LogP contribution in [0.4, 0.5) is 0 Å². The minimum absolute atomic E-state index is 0.923. The van der Waals surface area contributed by atoms with Crippen molar-refractivity contribution in [2.75, 3.05) is 6.54 Å². The van der Waals surface area contributed by atoms with Crippen LogP contribution in [-0.2, 0) is 6.54 Å². The van der Waals surface area contributed by atoms with Gasteiger partial charge >= 0.3 is 0 Å². The Labute approximate surface area is 106 Å². The number of hydrogen-bond acceptors (Lipinski definition) is 4. The van der Waals surface area contributed by atoms with Gasteiger partial charge in [0, 0.05) is 23.8 Å². The van der Waals surface area contributed by atoms with E-state index in [9.17, 15) is 0 Å². The molecule has 1 heterocycles. The molecule has 2 aromatic rings. The molecule has 0 amide bonds. The van der Waals surface area contributed by atoms with Gasteiger partial charge in [-0.3, -0.25) is 4.98 Å². The molecule has 4 heteroatoms. The summed E-state index contributed by atoms with van der Waals surface area (Å²) in [5.41, 5.74) is 1.30. The third-order valence-corrected chi connectivity index (χ3v) is 3.19. The second-order valence-electron chi connectivity index (χ2n) is 3.57. The van der Waals surface area contributed by atoms with Crippen LogP contribution < -0.4 is 5.32 Å². The molecule has 3 nitrogen and oxygen atoms in total. The van der Waals surface area contributed by atoms with Crippen LogP contribution in [0.5, 0.6) is 0 Å². The summed E-state index contributed by atoms with van der Waals surface area (Å²) >= 11 is 1.63. The third-order valence-electron chi connectivity index (χ3n) is 2.26. The lowest BCUT2D eigenvalue weighted by atomic mass is 10.2. The first-order valence-electron chi connectivity index (χ1n) is 5.62. The predicted octanol–water partition coefficient (Wildman–Crippen LogP) is 2.74. The van der Waals surface area contributed by atoms with E-state index >= 15 is 0 Å². The standard InChI is InChI=1S/C13H15N3S/c1-2-14-9-11-3-5-12(6-4-11)17-13-10-15-7-8-16-13/h3-8,10,14H,2,9H2,1H3. The van der Waals surface area contributed by atoms with E-state index in [0.717, 1.165) is 18.1 Å². The first kappa shape index (κ1) is 12.1. The Morgan fingerprint density at radius 3 is 2.65 bits per heavy atom. The van der Waals surface area contributed by atoms with E-state index in [4.69, 9.17) is 0 Å². The number of aromatic nitrogens is 2. The average molecular weight is 245 g/mol. The molecule has 0 unspecified atom stereocenters. The van der Waals surface area contributed by atoms with Gasteiger partial charge in [-0.1, -0.05) is 30.8 Å². The van der Waals surface area contributed by atoms with E-state index in [1.807, 2.05) is 0 Å². The summed E-state index contributed by atoms with van der Waals surface area (Å²) in [6.07, 6.45) is 5.17. The maximum atomic E-state index is 4.23. The van der Waals surface area contributed by atoms with Crippen molar-refractivity contribution in [2.24, 2.45) is 0 Å². The zero-order valence-corrected chi connectivity index (χ0v) is 10.6. The molecule has 0 aliphatic rings. The first-order chi connectivity index (χ1) is 8.38. The van der Waals surface area contributed by atoms with Crippen molar-refractivity contribution in [1.29, 1.82) is 0 Å². The molecule has 1 N–H and O–H groups in total. The number of nitrogens with zero attached hydrogens (tertiary/aromatic N) is 2. The Balaban J connectivity index is 1.98. The smallest absolute Gasteiger partial charge is 0.119 e. The largest absolute Gasteiger partial charge is 0.313 e. The van der Waals surface area contributed by atoms with Crippen LogP contribution >= 0.6 is 11.8 Å². The van der Waals surface area contributed by atoms with E-state index in [1.165, 1.54) is 10.5 Å². The van der Waals surface area contributed by atoms with E-state index < -0.39 is 0 Å². The fourth-order valence-corrected chi connectivity index (χ4v) is 2.14. The van der Waals surface area contributed by atoms with Gasteiger partial charge in [-0.15, -0.1) is 0 Å². The highest BCUT2D eigenvalue weighted by Crippen LogP contribution is 2.24. The van der Waals surface area contributed by atoms with E-state index in [-0.39, 0.29) is 0 Å². The van der Waals surface area contributed by atoms with Gasteiger partial charge in [0.1, 0.15) is 5.03 Å². The summed E-state index contributed by atoms with van der Waals surface area (Å²) < 4.78 is 0. The normalized spacial score (nSPS) is 10.4. The molecule has 17 heavy (non-hydrogen) atoms. The maximum Gasteiger partial charge on any atom is 0.119 e. The lowest BCUT2D eigenvalue weighted by molar-refractivity contribution is 0.726. The first-order valence-corrected chi connectivity index (χ1v) is 6.43. The highest BCUT2D eigenvalue weighted by atomic mass is 32.2. The van der Waals surface area contributed by atoms with Crippen molar-refractivity contribution in [3.8, 4) is 0 Å². The number of nitrogens with one attached hydrogen (secondary N) is 1. The van der Waals surface area contributed by atoms with E-state index in [1.54, 1.807) is 30.4 Å². The topological polar surface area (TPSA) is 37.8 Å². The molecule has 0 bridgehead atoms. The molecular formula is C13H15N3S. The monoisotopic (exact) mass is 245 g/mol. The summed E-state index contributed by atoms with van der Waals surface area (Å²) in [7, 11) is 0. The predicted molar refractivity (Wildman–Crippen MR) is 70.0 cm³/mol. The van der Waals surface area contributed by atoms with Crippen LogP contribution in [0, 0.1) is 0 Å². The highest BCUT2D eigenvalue weighted by molar-refractivity contribution is 7.99. The van der Waals surface area contributed by atoms with Crippen LogP contribution in [0.15, 0.2) is 52.8 Å². The fourth-order valence-electron chi connectivity index (χ4n) is 1.40. The number of rotatable bonds is 5. The summed E-state index contributed by atoms with van der Waals surface area (Å²) in [5, 5.41) is 4.23. The average Bonchev–Trinajstić information content (AvgIpc) is 2.39. The van der Waals surface area contributed by atoms with Crippen molar-refractivity contribution in [3.05, 3.63) is 48.4 Å². The highest BCUT2D eigenvalue weighted by Gasteiger charge is 1.98. The number of benzene rings is 1. The van der Waals surface area contributed by atoms with Crippen LogP contribution in [0.1, 0.15) is 12.5 Å². The summed E-state index contributed by atoms with van der Waals surface area (Å²) in [5.74, 6) is 0. The van der Waals surface area contributed by atoms with Crippen molar-refractivity contribution in [1.82, 2.24) is 15.3 Å². The molecule has 0 radical (unpaired) electrons. The summed E-state index contributed by atoms with van der Waals surface area (Å²) in [6.45, 7) is 4.03. The SMILES string of the molecule is CCNCc1ccc(Sc2cnccn2)cc1. The second-order valence-corrected chi connectivity index (χ2v) is 4.66. The Bertz CT molecular complexity index is 442. The molecular weight excluding hydrogens is 230 g/mol. The quantitative estimate of drug-likeness (QED) is 0.879. The lowest BCUT2D eigenvalue weighted by Gasteiger charge is -2.04. The molecule has 0 atom stereocenters. The van der Waals surface area contributed by atoms with Gasteiger partial charge in [-0.2, -0.15) is 0 Å². The molecule has 0 fully saturated rings. The molecule has 0 spiro atoms. The molecule has 0 saturated carbocycles. The third kappa shape index (κ3) is 3.84. The van der Waals surface area contributed by atoms with Crippen molar-refractivity contribution < 1.29 is 0 Å². The lowest BCUT2D eigenvalue weighted by Crippen LogP contribution is -2.11. The fraction of sp³-hybridized carbons (Fsp3) is 0.231. The molecule has 0 saturated heterocycles. The Morgan fingerprint density at radius 2 is 2.00 bits per heavy atom. The van der Waals surface area contributed by atoms with Gasteiger partial charge in [-0.05, 0) is 24.2 Å². The van der Waals surface area contributed by atoms with Crippen LogP contribution in [0.2, 0.25) is 0 Å². The van der Waals surface area contributed by atoms with Crippen molar-refractivity contribution in [3.63, 3.8) is 0 Å². The zero-order chi connectivity index (χ0) is 11.9. The maximum absolute atomic E-state index is 4.23. The van der Waals surface area contributed by atoms with Gasteiger partial charge in [0.25, 0.3) is 0 Å². The van der Waals surface area contributed by atoms with Crippen molar-refractivity contribution in [2.45, 2.75) is 23.4 Å². The minimum atomic E-state index is 0.923. The van der Waals surface area contributed by atoms with Gasteiger partial charge in [0.05, 0.1) is 6.20 Å². The molecule has 88 valence electrons. The molecule has 2 rings (SSSR count). The Hall–Kier alpha value is -1.39. The molecule has 0 aliphatic carbocycles. The molecule has 1 aromatic heterocycles. The Morgan fingerprint density at radius 1 is 1.18 bits per heavy atom. The Kier molecular flexibility index (Phi) is 4.53. The van der Waals surface area contributed by atoms with Gasteiger partial charge in [-0.25, -0.2) is 4.98 Å². The van der Waals surface area contributed by atoms with E-state index in [0.29, 0.717) is 0 Å². The molecule has 0 aliphatic heterocycles. The van der Waals surface area contributed by atoms with Gasteiger partial charge < -0.3 is 5.32 Å². The van der Waals surface area contributed by atoms with Crippen LogP contribution in [-0.4, -0.2) is 16.5 Å². The van der Waals surface area contributed by atoms with Crippen LogP contribution in [0.25, 0.3) is 0 Å². The second kappa shape index (κ2) is 6.37. The number of hydrogen-bond donors (Lipinski definition) is 1. The summed E-state index contributed by atoms with van der Waals surface area (Å²) in [6, 6.07) is 8.51. The van der Waals surface area contributed by atoms with Gasteiger partial charge in [0.2, 0.25) is 0 Å². The minimum Gasteiger partial charge on any atom is -0.313 e.